The lowest BCUT2D eigenvalue weighted by molar-refractivity contribution is 0.0696. The van der Waals surface area contributed by atoms with Crippen molar-refractivity contribution in [2.45, 2.75) is 45.2 Å². The number of pyridine rings is 1. The molecule has 0 saturated carbocycles. The summed E-state index contributed by atoms with van der Waals surface area (Å²) < 4.78 is 0. The zero-order valence-electron chi connectivity index (χ0n) is 18.5. The van der Waals surface area contributed by atoms with E-state index in [0.29, 0.717) is 25.2 Å². The minimum absolute atomic E-state index is 0.115. The van der Waals surface area contributed by atoms with Gasteiger partial charge in [-0.3, -0.25) is 14.7 Å². The van der Waals surface area contributed by atoms with Crippen molar-refractivity contribution >= 4 is 28.9 Å². The maximum absolute atomic E-state index is 13.5. The Balaban J connectivity index is 1.73. The Morgan fingerprint density at radius 1 is 1.00 bits per heavy atom. The number of hydrogen-bond donors (Lipinski definition) is 1. The van der Waals surface area contributed by atoms with E-state index in [-0.39, 0.29) is 11.5 Å². The lowest BCUT2D eigenvalue weighted by atomic mass is 10.0. The minimum atomic E-state index is -0.972. The molecule has 3 aromatic rings. The normalized spacial score (nSPS) is 15.8. The largest absolute Gasteiger partial charge is 0.478 e. The molecule has 0 saturated heterocycles. The van der Waals surface area contributed by atoms with Gasteiger partial charge in [-0.2, -0.15) is 0 Å². The van der Waals surface area contributed by atoms with Crippen molar-refractivity contribution in [3.8, 4) is 0 Å². The van der Waals surface area contributed by atoms with Crippen molar-refractivity contribution in [3.63, 3.8) is 0 Å². The van der Waals surface area contributed by atoms with E-state index in [1.54, 1.807) is 65.2 Å². The predicted molar refractivity (Wildman–Crippen MR) is 129 cm³/mol. The molecule has 0 radical (unpaired) electrons. The average molecular weight is 465 g/mol. The van der Waals surface area contributed by atoms with Crippen LogP contribution < -0.4 is 4.90 Å². The Labute approximate surface area is 197 Å². The lowest BCUT2D eigenvalue weighted by Gasteiger charge is -2.29. The molecular formula is C25H28N4O3S. The maximum atomic E-state index is 13.5. The molecule has 0 aliphatic carbocycles. The first-order chi connectivity index (χ1) is 16.1. The van der Waals surface area contributed by atoms with E-state index in [1.165, 1.54) is 0 Å². The quantitative estimate of drug-likeness (QED) is 0.594. The molecule has 1 aliphatic rings. The summed E-state index contributed by atoms with van der Waals surface area (Å²) in [6.45, 7) is 2.73. The molecule has 4 rings (SSSR count). The number of amides is 1. The number of aromatic nitrogens is 2. The van der Waals surface area contributed by atoms with Crippen molar-refractivity contribution in [2.24, 2.45) is 0 Å². The number of carboxylic acid groups (broad SMARTS) is 1. The number of anilines is 1. The molecule has 1 amide bonds. The van der Waals surface area contributed by atoms with Crippen LogP contribution in [-0.2, 0) is 13.1 Å². The first kappa shape index (κ1) is 23.1. The Morgan fingerprint density at radius 2 is 1.82 bits per heavy atom. The van der Waals surface area contributed by atoms with Crippen LogP contribution in [0.3, 0.4) is 0 Å². The molecule has 7 nitrogen and oxygen atoms in total. The van der Waals surface area contributed by atoms with Gasteiger partial charge in [0.05, 0.1) is 17.7 Å². The fraction of sp³-hybridized carbons (Fsp3) is 0.360. The third-order valence-corrected chi connectivity index (χ3v) is 6.63. The van der Waals surface area contributed by atoms with E-state index in [0.717, 1.165) is 54.9 Å². The van der Waals surface area contributed by atoms with Crippen LogP contribution in [-0.4, -0.2) is 44.9 Å². The van der Waals surface area contributed by atoms with Crippen molar-refractivity contribution < 1.29 is 14.7 Å². The molecular weight excluding hydrogens is 436 g/mol. The summed E-state index contributed by atoms with van der Waals surface area (Å²) >= 11 is 1.62. The maximum Gasteiger partial charge on any atom is 0.335 e. The third-order valence-electron chi connectivity index (χ3n) is 5.86. The van der Waals surface area contributed by atoms with E-state index in [2.05, 4.69) is 14.9 Å². The fourth-order valence-electron chi connectivity index (χ4n) is 4.20. The number of carboxylic acids is 1. The molecule has 1 N–H and O–H groups in total. The van der Waals surface area contributed by atoms with Crippen molar-refractivity contribution in [1.82, 2.24) is 14.9 Å². The van der Waals surface area contributed by atoms with Crippen LogP contribution in [0.1, 0.15) is 63.4 Å². The average Bonchev–Trinajstić information content (AvgIpc) is 3.33. The Bertz CT molecular complexity index is 1070. The van der Waals surface area contributed by atoms with Gasteiger partial charge in [0.25, 0.3) is 5.91 Å². The summed E-state index contributed by atoms with van der Waals surface area (Å²) in [5.41, 5.74) is 2.35. The Kier molecular flexibility index (Phi) is 7.80. The van der Waals surface area contributed by atoms with Crippen LogP contribution in [0.15, 0.2) is 54.3 Å². The van der Waals surface area contributed by atoms with Gasteiger partial charge in [0.15, 0.2) is 0 Å². The first-order valence-electron chi connectivity index (χ1n) is 11.3. The number of thiazole rings is 1. The molecule has 8 heteroatoms. The van der Waals surface area contributed by atoms with Crippen molar-refractivity contribution in [3.05, 3.63) is 76.0 Å². The van der Waals surface area contributed by atoms with Gasteiger partial charge < -0.3 is 10.0 Å². The highest BCUT2D eigenvalue weighted by Gasteiger charge is 2.23. The smallest absolute Gasteiger partial charge is 0.335 e. The molecule has 0 spiro atoms. The molecule has 3 heterocycles. The van der Waals surface area contributed by atoms with Gasteiger partial charge in [0.2, 0.25) is 0 Å². The molecule has 0 unspecified atom stereocenters. The summed E-state index contributed by atoms with van der Waals surface area (Å²) in [5.74, 6) is -1.09. The summed E-state index contributed by atoms with van der Waals surface area (Å²) in [6, 6.07) is 8.60. The monoisotopic (exact) mass is 464 g/mol. The summed E-state index contributed by atoms with van der Waals surface area (Å²) in [5, 5.41) is 12.6. The van der Waals surface area contributed by atoms with Crippen molar-refractivity contribution in [1.29, 1.82) is 0 Å². The second-order valence-electron chi connectivity index (χ2n) is 8.25. The Hall–Kier alpha value is -3.10. The summed E-state index contributed by atoms with van der Waals surface area (Å²) in [4.78, 5) is 37.9. The van der Waals surface area contributed by atoms with E-state index in [9.17, 15) is 14.7 Å². The molecule has 0 fully saturated rings. The zero-order chi connectivity index (χ0) is 23.0. The highest BCUT2D eigenvalue weighted by atomic mass is 32.1. The molecule has 172 valence electrons. The third kappa shape index (κ3) is 6.03. The number of carbonyl (C=O) groups is 2. The van der Waals surface area contributed by atoms with Crippen LogP contribution >= 0.6 is 11.3 Å². The lowest BCUT2D eigenvalue weighted by Crippen LogP contribution is -2.34. The summed E-state index contributed by atoms with van der Waals surface area (Å²) in [7, 11) is 0. The van der Waals surface area contributed by atoms with Crippen molar-refractivity contribution in [2.75, 3.05) is 18.0 Å². The van der Waals surface area contributed by atoms with Gasteiger partial charge in [0, 0.05) is 42.7 Å². The topological polar surface area (TPSA) is 86.6 Å². The number of rotatable bonds is 4. The second-order valence-corrected chi connectivity index (χ2v) is 9.23. The minimum Gasteiger partial charge on any atom is -0.478 e. The van der Waals surface area contributed by atoms with E-state index < -0.39 is 5.97 Å². The van der Waals surface area contributed by atoms with Gasteiger partial charge in [-0.15, -0.1) is 11.3 Å². The summed E-state index contributed by atoms with van der Waals surface area (Å²) in [6.07, 6.45) is 10.3. The number of nitrogens with zero attached hydrogens (tertiary/aromatic N) is 4. The van der Waals surface area contributed by atoms with Gasteiger partial charge in [-0.25, -0.2) is 9.78 Å². The highest BCUT2D eigenvalue weighted by molar-refractivity contribution is 7.09. The van der Waals surface area contributed by atoms with Crippen LogP contribution in [0, 0.1) is 0 Å². The molecule has 2 aromatic heterocycles. The number of fused-ring (bicyclic) bond motifs is 1. The van der Waals surface area contributed by atoms with E-state index in [1.807, 2.05) is 5.38 Å². The van der Waals surface area contributed by atoms with Crippen LogP contribution in [0.25, 0.3) is 0 Å². The zero-order valence-corrected chi connectivity index (χ0v) is 19.3. The van der Waals surface area contributed by atoms with Gasteiger partial charge >= 0.3 is 5.97 Å². The predicted octanol–water partition coefficient (Wildman–Crippen LogP) is 4.85. The highest BCUT2D eigenvalue weighted by Crippen LogP contribution is 2.28. The number of aromatic carboxylic acids is 1. The standard InChI is InChI=1S/C25H28N4O3S/c30-24(20-7-6-10-26-16-20)29-13-5-3-1-2-4-12-28(18-23-27-11-14-33-23)17-21-15-19(25(31)32)8-9-22(21)29/h6-11,14-16H,1-5,12-13,17-18H2,(H,31,32). The number of hydrogen-bond acceptors (Lipinski definition) is 6. The van der Waals surface area contributed by atoms with E-state index in [4.69, 9.17) is 0 Å². The molecule has 33 heavy (non-hydrogen) atoms. The molecule has 1 aliphatic heterocycles. The van der Waals surface area contributed by atoms with Crippen LogP contribution in [0.2, 0.25) is 0 Å². The molecule has 0 bridgehead atoms. The Morgan fingerprint density at radius 3 is 2.55 bits per heavy atom. The first-order valence-corrected chi connectivity index (χ1v) is 12.2. The van der Waals surface area contributed by atoms with Crippen LogP contribution in [0.4, 0.5) is 5.69 Å². The number of benzene rings is 1. The van der Waals surface area contributed by atoms with Gasteiger partial charge in [0.1, 0.15) is 5.01 Å². The fourth-order valence-corrected chi connectivity index (χ4v) is 4.86. The van der Waals surface area contributed by atoms with E-state index >= 15 is 0 Å². The molecule has 0 atom stereocenters. The van der Waals surface area contributed by atoms with Crippen LogP contribution in [0.5, 0.6) is 0 Å². The SMILES string of the molecule is O=C(O)c1ccc2c(c1)CN(Cc1nccs1)CCCCCCCN2C(=O)c1cccnc1. The molecule has 1 aromatic carbocycles. The van der Waals surface area contributed by atoms with Gasteiger partial charge in [-0.05, 0) is 55.3 Å². The second kappa shape index (κ2) is 11.2. The number of carbonyl (C=O) groups excluding carboxylic acids is 1. The van der Waals surface area contributed by atoms with Gasteiger partial charge in [-0.1, -0.05) is 19.3 Å².